The topological polar surface area (TPSA) is 107 Å². The molecule has 0 amide bonds. The van der Waals surface area contributed by atoms with E-state index in [-0.39, 0.29) is 27.3 Å². The van der Waals surface area contributed by atoms with Crippen LogP contribution in [0.15, 0.2) is 64.2 Å². The lowest BCUT2D eigenvalue weighted by Crippen LogP contribution is -2.28. The number of non-ortho nitro benzene ring substituents is 1. The Kier molecular flexibility index (Phi) is 4.50. The van der Waals surface area contributed by atoms with E-state index in [0.29, 0.717) is 5.56 Å². The summed E-state index contributed by atoms with van der Waals surface area (Å²) in [5, 5.41) is 15.1. The Balaban J connectivity index is 1.81. The van der Waals surface area contributed by atoms with Crippen molar-refractivity contribution in [1.29, 1.82) is 0 Å². The summed E-state index contributed by atoms with van der Waals surface area (Å²) in [6.07, 6.45) is 1.80. The molecule has 4 aromatic rings. The quantitative estimate of drug-likeness (QED) is 0.385. The summed E-state index contributed by atoms with van der Waals surface area (Å²) in [4.78, 5) is 39.5. The number of benzene rings is 2. The van der Waals surface area contributed by atoms with Crippen LogP contribution in [0.2, 0.25) is 0 Å². The molecule has 0 fully saturated rings. The standard InChI is InChI=1S/C19H12N4O4S/c24-17-15(10-12-5-2-1-3-6-12)21-22-18(25)16(28-19(22)20-17)11-13-7-4-8-14(9-13)23(26)27/h1-9,11H,10H2. The molecule has 138 valence electrons. The average Bonchev–Trinajstić information content (AvgIpc) is 2.98. The van der Waals surface area contributed by atoms with Crippen LogP contribution in [0, 0.1) is 10.1 Å². The summed E-state index contributed by atoms with van der Waals surface area (Å²) in [7, 11) is 0. The third-order valence-corrected chi connectivity index (χ3v) is 5.00. The molecule has 0 radical (unpaired) electrons. The molecule has 0 aliphatic heterocycles. The predicted molar refractivity (Wildman–Crippen MR) is 105 cm³/mol. The molecule has 0 spiro atoms. The van der Waals surface area contributed by atoms with E-state index in [1.807, 2.05) is 30.3 Å². The van der Waals surface area contributed by atoms with Crippen molar-refractivity contribution in [1.82, 2.24) is 14.6 Å². The van der Waals surface area contributed by atoms with Crippen molar-refractivity contribution in [2.45, 2.75) is 6.42 Å². The maximum Gasteiger partial charge on any atom is 0.296 e. The lowest BCUT2D eigenvalue weighted by molar-refractivity contribution is -0.384. The van der Waals surface area contributed by atoms with E-state index < -0.39 is 16.0 Å². The second kappa shape index (κ2) is 7.12. The second-order valence-electron chi connectivity index (χ2n) is 5.99. The lowest BCUT2D eigenvalue weighted by atomic mass is 10.1. The van der Waals surface area contributed by atoms with Crippen molar-refractivity contribution in [3.05, 3.63) is 107 Å². The smallest absolute Gasteiger partial charge is 0.266 e. The molecule has 0 saturated carbocycles. The van der Waals surface area contributed by atoms with Crippen molar-refractivity contribution in [3.63, 3.8) is 0 Å². The van der Waals surface area contributed by atoms with Gasteiger partial charge in [-0.1, -0.05) is 53.8 Å². The van der Waals surface area contributed by atoms with E-state index in [2.05, 4.69) is 10.1 Å². The van der Waals surface area contributed by atoms with Crippen molar-refractivity contribution >= 4 is 28.1 Å². The van der Waals surface area contributed by atoms with E-state index in [9.17, 15) is 19.7 Å². The van der Waals surface area contributed by atoms with Gasteiger partial charge < -0.3 is 0 Å². The summed E-state index contributed by atoms with van der Waals surface area (Å²) >= 11 is 1.01. The minimum atomic E-state index is -0.502. The van der Waals surface area contributed by atoms with Crippen molar-refractivity contribution in [2.75, 3.05) is 0 Å². The second-order valence-corrected chi connectivity index (χ2v) is 7.00. The molecule has 0 N–H and O–H groups in total. The number of nitrogens with zero attached hydrogens (tertiary/aromatic N) is 4. The highest BCUT2D eigenvalue weighted by atomic mass is 32.1. The molecule has 2 aromatic heterocycles. The Morgan fingerprint density at radius 2 is 1.89 bits per heavy atom. The molecule has 28 heavy (non-hydrogen) atoms. The molecule has 0 unspecified atom stereocenters. The number of hydrogen-bond donors (Lipinski definition) is 0. The number of aromatic nitrogens is 3. The van der Waals surface area contributed by atoms with Gasteiger partial charge in [-0.25, -0.2) is 0 Å². The molecule has 0 aliphatic rings. The van der Waals surface area contributed by atoms with Crippen LogP contribution < -0.4 is 15.7 Å². The summed E-state index contributed by atoms with van der Waals surface area (Å²) < 4.78 is 1.39. The van der Waals surface area contributed by atoms with Gasteiger partial charge in [0.15, 0.2) is 0 Å². The number of rotatable bonds is 4. The Hall–Kier alpha value is -3.72. The molecular formula is C19H12N4O4S. The fourth-order valence-electron chi connectivity index (χ4n) is 2.72. The zero-order valence-corrected chi connectivity index (χ0v) is 15.1. The van der Waals surface area contributed by atoms with E-state index in [4.69, 9.17) is 0 Å². The molecule has 9 heteroatoms. The van der Waals surface area contributed by atoms with Gasteiger partial charge in [-0.05, 0) is 17.2 Å². The van der Waals surface area contributed by atoms with Crippen LogP contribution in [0.5, 0.6) is 0 Å². The molecule has 0 saturated heterocycles. The van der Waals surface area contributed by atoms with Crippen LogP contribution >= 0.6 is 11.3 Å². The van der Waals surface area contributed by atoms with Crippen LogP contribution in [0.3, 0.4) is 0 Å². The van der Waals surface area contributed by atoms with Crippen molar-refractivity contribution in [2.24, 2.45) is 0 Å². The molecule has 8 nitrogen and oxygen atoms in total. The molecule has 0 atom stereocenters. The monoisotopic (exact) mass is 392 g/mol. The van der Waals surface area contributed by atoms with Gasteiger partial charge in [0.25, 0.3) is 16.8 Å². The SMILES string of the molecule is O=c1nc2sc(=Cc3cccc([N+](=O)[O-])c3)c(=O)n2nc1Cc1ccccc1. The van der Waals surface area contributed by atoms with Gasteiger partial charge in [-0.15, -0.1) is 0 Å². The first-order valence-electron chi connectivity index (χ1n) is 8.24. The fraction of sp³-hybridized carbons (Fsp3) is 0.0526. The fourth-order valence-corrected chi connectivity index (χ4v) is 3.62. The highest BCUT2D eigenvalue weighted by molar-refractivity contribution is 7.15. The zero-order chi connectivity index (χ0) is 19.7. The number of fused-ring (bicyclic) bond motifs is 1. The van der Waals surface area contributed by atoms with E-state index in [1.54, 1.807) is 12.1 Å². The van der Waals surface area contributed by atoms with E-state index in [0.717, 1.165) is 21.4 Å². The van der Waals surface area contributed by atoms with Crippen molar-refractivity contribution < 1.29 is 4.92 Å². The molecular weight excluding hydrogens is 380 g/mol. The van der Waals surface area contributed by atoms with Gasteiger partial charge in [0, 0.05) is 18.6 Å². The molecule has 4 rings (SSSR count). The van der Waals surface area contributed by atoms with Crippen LogP contribution in [0.4, 0.5) is 5.69 Å². The normalized spacial score (nSPS) is 11.8. The van der Waals surface area contributed by atoms with Gasteiger partial charge in [0.2, 0.25) is 4.96 Å². The van der Waals surface area contributed by atoms with Crippen molar-refractivity contribution in [3.8, 4) is 0 Å². The minimum absolute atomic E-state index is 0.0711. The maximum absolute atomic E-state index is 12.7. The largest absolute Gasteiger partial charge is 0.296 e. The van der Waals surface area contributed by atoms with Gasteiger partial charge in [-0.2, -0.15) is 14.6 Å². The molecule has 0 aliphatic carbocycles. The van der Waals surface area contributed by atoms with E-state index >= 15 is 0 Å². The van der Waals surface area contributed by atoms with Crippen LogP contribution in [0.25, 0.3) is 11.0 Å². The first kappa shape index (κ1) is 17.7. The first-order chi connectivity index (χ1) is 13.5. The third-order valence-electron chi connectivity index (χ3n) is 4.04. The van der Waals surface area contributed by atoms with Gasteiger partial charge >= 0.3 is 0 Å². The van der Waals surface area contributed by atoms with Crippen LogP contribution in [-0.4, -0.2) is 19.5 Å². The zero-order valence-electron chi connectivity index (χ0n) is 14.3. The highest BCUT2D eigenvalue weighted by Gasteiger charge is 2.12. The van der Waals surface area contributed by atoms with Crippen LogP contribution in [-0.2, 0) is 6.42 Å². The Morgan fingerprint density at radius 3 is 2.64 bits per heavy atom. The average molecular weight is 392 g/mol. The molecule has 2 heterocycles. The van der Waals surface area contributed by atoms with Crippen LogP contribution in [0.1, 0.15) is 16.8 Å². The highest BCUT2D eigenvalue weighted by Crippen LogP contribution is 2.13. The molecule has 2 aromatic carbocycles. The first-order valence-corrected chi connectivity index (χ1v) is 9.06. The Morgan fingerprint density at radius 1 is 1.11 bits per heavy atom. The number of thiazole rings is 1. The number of nitro benzene ring substituents is 1. The molecule has 0 bridgehead atoms. The summed E-state index contributed by atoms with van der Waals surface area (Å²) in [6.45, 7) is 0. The lowest BCUT2D eigenvalue weighted by Gasteiger charge is -1.99. The Bertz CT molecular complexity index is 1360. The van der Waals surface area contributed by atoms with Gasteiger partial charge in [-0.3, -0.25) is 19.7 Å². The third kappa shape index (κ3) is 3.42. The number of hydrogen-bond acceptors (Lipinski definition) is 7. The Labute approximate surface area is 161 Å². The maximum atomic E-state index is 12.7. The summed E-state index contributed by atoms with van der Waals surface area (Å²) in [5.41, 5.74) is 0.601. The minimum Gasteiger partial charge on any atom is -0.266 e. The van der Waals surface area contributed by atoms with Gasteiger partial charge in [0.1, 0.15) is 5.69 Å². The van der Waals surface area contributed by atoms with E-state index in [1.165, 1.54) is 18.2 Å². The van der Waals surface area contributed by atoms with Gasteiger partial charge in [0.05, 0.1) is 9.46 Å². The predicted octanol–water partition coefficient (Wildman–Crippen LogP) is 1.56. The summed E-state index contributed by atoms with van der Waals surface area (Å²) in [5.74, 6) is 0. The number of nitro groups is 1. The summed E-state index contributed by atoms with van der Waals surface area (Å²) in [6, 6.07) is 15.2.